The van der Waals surface area contributed by atoms with Crippen LogP contribution < -0.4 is 11.1 Å². The number of H-pyrrole nitrogens is 1. The number of benzene rings is 1. The molecule has 6 nitrogen and oxygen atoms in total. The molecule has 0 fully saturated rings. The van der Waals surface area contributed by atoms with Crippen LogP contribution in [0.5, 0.6) is 0 Å². The number of primary amides is 1. The van der Waals surface area contributed by atoms with E-state index < -0.39 is 5.91 Å². The van der Waals surface area contributed by atoms with Gasteiger partial charge in [-0.3, -0.25) is 14.7 Å². The Bertz CT molecular complexity index is 548. The molecule has 0 bridgehead atoms. The molecule has 86 valence electrons. The van der Waals surface area contributed by atoms with Crippen LogP contribution in [0, 0.1) is 0 Å². The Morgan fingerprint density at radius 2 is 1.94 bits per heavy atom. The number of carbonyl (C=O) groups excluding carboxylic acids is 2. The van der Waals surface area contributed by atoms with Gasteiger partial charge >= 0.3 is 0 Å². The fourth-order valence-corrected chi connectivity index (χ4v) is 1.34. The molecule has 0 spiro atoms. The van der Waals surface area contributed by atoms with E-state index in [2.05, 4.69) is 15.5 Å². The predicted octanol–water partition coefficient (Wildman–Crippen LogP) is 0.761. The average Bonchev–Trinajstić information content (AvgIpc) is 2.78. The van der Waals surface area contributed by atoms with Gasteiger partial charge in [-0.1, -0.05) is 18.2 Å². The predicted molar refractivity (Wildman–Crippen MR) is 61.5 cm³/mol. The number of amides is 2. The maximum atomic E-state index is 11.8. The van der Waals surface area contributed by atoms with Crippen molar-refractivity contribution in [2.75, 3.05) is 5.32 Å². The molecule has 4 N–H and O–H groups in total. The molecule has 0 aliphatic heterocycles. The molecule has 0 unspecified atom stereocenters. The van der Waals surface area contributed by atoms with E-state index in [9.17, 15) is 9.59 Å². The highest BCUT2D eigenvalue weighted by molar-refractivity contribution is 6.07. The molecule has 0 saturated heterocycles. The van der Waals surface area contributed by atoms with E-state index in [0.29, 0.717) is 5.56 Å². The van der Waals surface area contributed by atoms with E-state index in [1.807, 2.05) is 6.07 Å². The summed E-state index contributed by atoms with van der Waals surface area (Å²) < 4.78 is 0. The Morgan fingerprint density at radius 1 is 1.24 bits per heavy atom. The summed E-state index contributed by atoms with van der Waals surface area (Å²) in [6.07, 6.45) is 1.27. The lowest BCUT2D eigenvalue weighted by Gasteiger charge is -2.03. The quantitative estimate of drug-likeness (QED) is 0.725. The van der Waals surface area contributed by atoms with Gasteiger partial charge in [-0.05, 0) is 12.1 Å². The number of rotatable bonds is 3. The maximum absolute atomic E-state index is 11.8. The zero-order valence-electron chi connectivity index (χ0n) is 8.81. The largest absolute Gasteiger partial charge is 0.365 e. The number of hydrogen-bond donors (Lipinski definition) is 3. The first kappa shape index (κ1) is 10.9. The first-order chi connectivity index (χ1) is 8.18. The second kappa shape index (κ2) is 4.48. The molecular formula is C11H10N4O2. The third-order valence-corrected chi connectivity index (χ3v) is 2.18. The van der Waals surface area contributed by atoms with Gasteiger partial charge < -0.3 is 11.1 Å². The van der Waals surface area contributed by atoms with Gasteiger partial charge in [0.15, 0.2) is 0 Å². The average molecular weight is 230 g/mol. The minimum Gasteiger partial charge on any atom is -0.365 e. The molecule has 1 heterocycles. The van der Waals surface area contributed by atoms with Crippen molar-refractivity contribution in [2.45, 2.75) is 0 Å². The van der Waals surface area contributed by atoms with Crippen LogP contribution in [-0.4, -0.2) is 22.0 Å². The number of nitrogens with zero attached hydrogens (tertiary/aromatic N) is 1. The van der Waals surface area contributed by atoms with Crippen LogP contribution in [0.1, 0.15) is 20.7 Å². The van der Waals surface area contributed by atoms with Crippen LogP contribution in [0.25, 0.3) is 0 Å². The monoisotopic (exact) mass is 230 g/mol. The zero-order chi connectivity index (χ0) is 12.3. The molecule has 0 atom stereocenters. The number of nitrogens with one attached hydrogen (secondary N) is 2. The SMILES string of the molecule is NC(=O)c1cn[nH]c1NC(=O)c1ccccc1. The van der Waals surface area contributed by atoms with E-state index in [4.69, 9.17) is 5.73 Å². The summed E-state index contributed by atoms with van der Waals surface area (Å²) in [4.78, 5) is 22.8. The molecule has 2 amide bonds. The van der Waals surface area contributed by atoms with Gasteiger partial charge in [-0.15, -0.1) is 0 Å². The van der Waals surface area contributed by atoms with Crippen molar-refractivity contribution in [2.24, 2.45) is 5.73 Å². The maximum Gasteiger partial charge on any atom is 0.256 e. The summed E-state index contributed by atoms with van der Waals surface area (Å²) in [7, 11) is 0. The van der Waals surface area contributed by atoms with Gasteiger partial charge in [-0.2, -0.15) is 5.10 Å². The van der Waals surface area contributed by atoms with Crippen molar-refractivity contribution >= 4 is 17.6 Å². The van der Waals surface area contributed by atoms with E-state index in [1.165, 1.54) is 6.20 Å². The number of hydrogen-bond acceptors (Lipinski definition) is 3. The number of aromatic amines is 1. The fourth-order valence-electron chi connectivity index (χ4n) is 1.34. The lowest BCUT2D eigenvalue weighted by molar-refractivity contribution is 0.100. The molecule has 17 heavy (non-hydrogen) atoms. The van der Waals surface area contributed by atoms with Crippen molar-refractivity contribution in [1.29, 1.82) is 0 Å². The Hall–Kier alpha value is -2.63. The molecule has 0 saturated carbocycles. The Balaban J connectivity index is 2.19. The first-order valence-electron chi connectivity index (χ1n) is 4.88. The van der Waals surface area contributed by atoms with E-state index in [-0.39, 0.29) is 17.3 Å². The van der Waals surface area contributed by atoms with Crippen LogP contribution in [0.4, 0.5) is 5.82 Å². The Labute approximate surface area is 96.8 Å². The number of nitrogens with two attached hydrogens (primary N) is 1. The summed E-state index contributed by atoms with van der Waals surface area (Å²) >= 11 is 0. The molecule has 0 aliphatic rings. The van der Waals surface area contributed by atoms with Crippen LogP contribution >= 0.6 is 0 Å². The van der Waals surface area contributed by atoms with Gasteiger partial charge in [0, 0.05) is 5.56 Å². The van der Waals surface area contributed by atoms with Gasteiger partial charge in [0.05, 0.1) is 6.20 Å². The Morgan fingerprint density at radius 3 is 2.59 bits per heavy atom. The molecule has 0 aliphatic carbocycles. The molecular weight excluding hydrogens is 220 g/mol. The molecule has 1 aromatic heterocycles. The summed E-state index contributed by atoms with van der Waals surface area (Å²) in [5.74, 6) is -0.786. The van der Waals surface area contributed by atoms with E-state index >= 15 is 0 Å². The van der Waals surface area contributed by atoms with E-state index in [1.54, 1.807) is 24.3 Å². The zero-order valence-corrected chi connectivity index (χ0v) is 8.81. The highest BCUT2D eigenvalue weighted by Gasteiger charge is 2.13. The van der Waals surface area contributed by atoms with E-state index in [0.717, 1.165) is 0 Å². The summed E-state index contributed by atoms with van der Waals surface area (Å²) in [6, 6.07) is 8.63. The first-order valence-corrected chi connectivity index (χ1v) is 4.88. The highest BCUT2D eigenvalue weighted by atomic mass is 16.2. The third-order valence-electron chi connectivity index (χ3n) is 2.18. The third kappa shape index (κ3) is 2.31. The van der Waals surface area contributed by atoms with Gasteiger partial charge in [-0.25, -0.2) is 0 Å². The summed E-state index contributed by atoms with van der Waals surface area (Å²) in [5.41, 5.74) is 5.75. The summed E-state index contributed by atoms with van der Waals surface area (Å²) in [6.45, 7) is 0. The van der Waals surface area contributed by atoms with Gasteiger partial charge in [0.25, 0.3) is 11.8 Å². The smallest absolute Gasteiger partial charge is 0.256 e. The minimum absolute atomic E-state index is 0.147. The number of anilines is 1. The second-order valence-corrected chi connectivity index (χ2v) is 3.34. The van der Waals surface area contributed by atoms with Crippen molar-refractivity contribution < 1.29 is 9.59 Å². The topological polar surface area (TPSA) is 101 Å². The molecule has 2 rings (SSSR count). The van der Waals surface area contributed by atoms with Crippen molar-refractivity contribution in [1.82, 2.24) is 10.2 Å². The number of carbonyl (C=O) groups is 2. The number of aromatic nitrogens is 2. The molecule has 0 radical (unpaired) electrons. The van der Waals surface area contributed by atoms with Crippen LogP contribution in [0.2, 0.25) is 0 Å². The van der Waals surface area contributed by atoms with Gasteiger partial charge in [0.1, 0.15) is 11.4 Å². The molecule has 1 aromatic carbocycles. The highest BCUT2D eigenvalue weighted by Crippen LogP contribution is 2.11. The normalized spacial score (nSPS) is 9.88. The molecule has 6 heteroatoms. The Kier molecular flexibility index (Phi) is 2.87. The van der Waals surface area contributed by atoms with Gasteiger partial charge in [0.2, 0.25) is 0 Å². The standard InChI is InChI=1S/C11H10N4O2/c12-9(16)8-6-13-15-10(8)14-11(17)7-4-2-1-3-5-7/h1-6H,(H2,12,16)(H2,13,14,15,17). The van der Waals surface area contributed by atoms with Crippen molar-refractivity contribution in [3.05, 3.63) is 47.7 Å². The van der Waals surface area contributed by atoms with Crippen LogP contribution in [-0.2, 0) is 0 Å². The summed E-state index contributed by atoms with van der Waals surface area (Å²) in [5, 5.41) is 8.68. The fraction of sp³-hybridized carbons (Fsp3) is 0. The second-order valence-electron chi connectivity index (χ2n) is 3.34. The van der Waals surface area contributed by atoms with Crippen LogP contribution in [0.3, 0.4) is 0 Å². The van der Waals surface area contributed by atoms with Crippen molar-refractivity contribution in [3.63, 3.8) is 0 Å². The minimum atomic E-state index is -0.651. The van der Waals surface area contributed by atoms with Crippen LogP contribution in [0.15, 0.2) is 36.5 Å². The lowest BCUT2D eigenvalue weighted by Crippen LogP contribution is -2.17. The molecule has 2 aromatic rings. The lowest BCUT2D eigenvalue weighted by atomic mass is 10.2. The van der Waals surface area contributed by atoms with Crippen molar-refractivity contribution in [3.8, 4) is 0 Å².